The Morgan fingerprint density at radius 1 is 1.05 bits per heavy atom. The Morgan fingerprint density at radius 2 is 1.59 bits per heavy atom. The van der Waals surface area contributed by atoms with Gasteiger partial charge in [0.25, 0.3) is 0 Å². The number of nitrogens with zero attached hydrogens (tertiary/aromatic N) is 1. The Balaban J connectivity index is 1.40. The summed E-state index contributed by atoms with van der Waals surface area (Å²) in [6, 6.07) is 0.0708. The molecular weight excluding hydrogens is 274 g/mol. The molecule has 0 heterocycles. The molecule has 0 radical (unpaired) electrons. The molecule has 0 unspecified atom stereocenters. The predicted molar refractivity (Wildman–Crippen MR) is 89.8 cm³/mol. The lowest BCUT2D eigenvalue weighted by molar-refractivity contribution is -0.0135. The molecule has 4 saturated carbocycles. The Bertz CT molecular complexity index is 357. The molecule has 0 spiro atoms. The lowest BCUT2D eigenvalue weighted by Crippen LogP contribution is -2.61. The van der Waals surface area contributed by atoms with Crippen molar-refractivity contribution >= 4 is 6.03 Å². The van der Waals surface area contributed by atoms with E-state index >= 15 is 0 Å². The van der Waals surface area contributed by atoms with Gasteiger partial charge < -0.3 is 15.5 Å². The van der Waals surface area contributed by atoms with Crippen LogP contribution < -0.4 is 10.6 Å². The van der Waals surface area contributed by atoms with Gasteiger partial charge in [0, 0.05) is 12.1 Å². The average molecular weight is 307 g/mol. The molecule has 4 fully saturated rings. The second-order valence-corrected chi connectivity index (χ2v) is 7.96. The molecule has 0 saturated heterocycles. The minimum absolute atomic E-state index is 0.0708. The highest BCUT2D eigenvalue weighted by molar-refractivity contribution is 5.74. The molecule has 4 rings (SSSR count). The van der Waals surface area contributed by atoms with Gasteiger partial charge >= 0.3 is 6.03 Å². The van der Waals surface area contributed by atoms with E-state index < -0.39 is 0 Å². The van der Waals surface area contributed by atoms with Crippen LogP contribution in [0.5, 0.6) is 0 Å². The third-order valence-corrected chi connectivity index (χ3v) is 6.25. The summed E-state index contributed by atoms with van der Waals surface area (Å²) < 4.78 is 0. The normalized spacial score (nSPS) is 35.9. The van der Waals surface area contributed by atoms with E-state index in [9.17, 15) is 4.79 Å². The highest BCUT2D eigenvalue weighted by atomic mass is 16.2. The third-order valence-electron chi connectivity index (χ3n) is 6.25. The summed E-state index contributed by atoms with van der Waals surface area (Å²) in [4.78, 5) is 14.7. The van der Waals surface area contributed by atoms with Crippen LogP contribution in [0.4, 0.5) is 4.79 Å². The summed E-state index contributed by atoms with van der Waals surface area (Å²) in [5.74, 6) is 2.65. The molecule has 0 aliphatic heterocycles. The van der Waals surface area contributed by atoms with E-state index in [0.717, 1.165) is 50.4 Å². The van der Waals surface area contributed by atoms with E-state index in [4.69, 9.17) is 0 Å². The van der Waals surface area contributed by atoms with E-state index in [-0.39, 0.29) is 11.6 Å². The predicted octanol–water partition coefficient (Wildman–Crippen LogP) is 2.99. The average Bonchev–Trinajstić information content (AvgIpc) is 2.45. The van der Waals surface area contributed by atoms with Crippen LogP contribution in [0.15, 0.2) is 0 Å². The van der Waals surface area contributed by atoms with Gasteiger partial charge in [-0.3, -0.25) is 0 Å². The largest absolute Gasteiger partial charge is 0.338 e. The highest BCUT2D eigenvalue weighted by Crippen LogP contribution is 2.55. The molecule has 0 aromatic heterocycles. The van der Waals surface area contributed by atoms with E-state index in [0.29, 0.717) is 0 Å². The molecule has 0 aromatic rings. The lowest BCUT2D eigenvalue weighted by atomic mass is 9.53. The van der Waals surface area contributed by atoms with Gasteiger partial charge in [-0.2, -0.15) is 0 Å². The first-order valence-electron chi connectivity index (χ1n) is 9.41. The number of hydrogen-bond donors (Lipinski definition) is 2. The zero-order chi connectivity index (χ0) is 15.6. The minimum atomic E-state index is 0.0708. The van der Waals surface area contributed by atoms with Crippen LogP contribution >= 0.6 is 0 Å². The Labute approximate surface area is 135 Å². The summed E-state index contributed by atoms with van der Waals surface area (Å²) in [7, 11) is 0. The molecule has 2 N–H and O–H groups in total. The van der Waals surface area contributed by atoms with Crippen LogP contribution in [-0.2, 0) is 0 Å². The van der Waals surface area contributed by atoms with Crippen LogP contribution in [-0.4, -0.2) is 42.6 Å². The molecule has 2 amide bonds. The van der Waals surface area contributed by atoms with Gasteiger partial charge in [-0.15, -0.1) is 0 Å². The summed E-state index contributed by atoms with van der Waals surface area (Å²) in [6.45, 7) is 8.43. The quantitative estimate of drug-likeness (QED) is 0.710. The van der Waals surface area contributed by atoms with Crippen molar-refractivity contribution in [3.8, 4) is 0 Å². The molecule has 126 valence electrons. The van der Waals surface area contributed by atoms with Crippen molar-refractivity contribution in [3.05, 3.63) is 0 Å². The Morgan fingerprint density at radius 3 is 2.09 bits per heavy atom. The summed E-state index contributed by atoms with van der Waals surface area (Å²) >= 11 is 0. The Hall–Kier alpha value is -0.770. The van der Waals surface area contributed by atoms with Crippen LogP contribution in [0, 0.1) is 17.8 Å². The molecular formula is C18H33N3O. The van der Waals surface area contributed by atoms with Gasteiger partial charge in [0.15, 0.2) is 0 Å². The second kappa shape index (κ2) is 6.77. The SMILES string of the molecule is CCN(CC)CCCNC(=O)NC12CC3CC(CC(C3)C1)C2. The summed E-state index contributed by atoms with van der Waals surface area (Å²) in [6.07, 6.45) is 8.99. The summed E-state index contributed by atoms with van der Waals surface area (Å²) in [5.41, 5.74) is 0.137. The van der Waals surface area contributed by atoms with Gasteiger partial charge in [-0.1, -0.05) is 13.8 Å². The first-order valence-corrected chi connectivity index (χ1v) is 9.41. The topological polar surface area (TPSA) is 44.4 Å². The van der Waals surface area contributed by atoms with Crippen LogP contribution in [0.2, 0.25) is 0 Å². The van der Waals surface area contributed by atoms with Crippen LogP contribution in [0.3, 0.4) is 0 Å². The highest BCUT2D eigenvalue weighted by Gasteiger charge is 2.51. The minimum Gasteiger partial charge on any atom is -0.338 e. The molecule has 4 aliphatic rings. The zero-order valence-electron chi connectivity index (χ0n) is 14.4. The van der Waals surface area contributed by atoms with Crippen molar-refractivity contribution in [2.24, 2.45) is 17.8 Å². The molecule has 4 aliphatic carbocycles. The van der Waals surface area contributed by atoms with E-state index in [1.165, 1.54) is 38.5 Å². The van der Waals surface area contributed by atoms with Gasteiger partial charge in [0.2, 0.25) is 0 Å². The molecule has 4 nitrogen and oxygen atoms in total. The number of amides is 2. The number of hydrogen-bond acceptors (Lipinski definition) is 2. The summed E-state index contributed by atoms with van der Waals surface area (Å²) in [5, 5.41) is 6.46. The van der Waals surface area contributed by atoms with Crippen molar-refractivity contribution < 1.29 is 4.79 Å². The molecule has 4 bridgehead atoms. The van der Waals surface area contributed by atoms with Gasteiger partial charge in [-0.25, -0.2) is 4.79 Å². The fourth-order valence-corrected chi connectivity index (χ4v) is 5.59. The second-order valence-electron chi connectivity index (χ2n) is 7.96. The number of rotatable bonds is 7. The van der Waals surface area contributed by atoms with Crippen molar-refractivity contribution in [2.75, 3.05) is 26.2 Å². The van der Waals surface area contributed by atoms with Crippen molar-refractivity contribution in [1.82, 2.24) is 15.5 Å². The monoisotopic (exact) mass is 307 g/mol. The third kappa shape index (κ3) is 3.58. The molecule has 0 aromatic carbocycles. The fraction of sp³-hybridized carbons (Fsp3) is 0.944. The fourth-order valence-electron chi connectivity index (χ4n) is 5.59. The van der Waals surface area contributed by atoms with E-state index in [2.05, 4.69) is 29.4 Å². The maximum atomic E-state index is 12.3. The van der Waals surface area contributed by atoms with Crippen molar-refractivity contribution in [1.29, 1.82) is 0 Å². The Kier molecular flexibility index (Phi) is 4.96. The first kappa shape index (κ1) is 16.1. The standard InChI is InChI=1S/C18H33N3O/c1-3-21(4-2)7-5-6-19-17(22)20-18-11-14-8-15(12-18)10-16(9-14)13-18/h14-16H,3-13H2,1-2H3,(H2,19,20,22). The van der Waals surface area contributed by atoms with Crippen LogP contribution in [0.25, 0.3) is 0 Å². The molecule has 4 heteroatoms. The molecule has 0 atom stereocenters. The smallest absolute Gasteiger partial charge is 0.315 e. The molecule has 22 heavy (non-hydrogen) atoms. The first-order chi connectivity index (χ1) is 10.6. The number of urea groups is 1. The zero-order valence-corrected chi connectivity index (χ0v) is 14.4. The van der Waals surface area contributed by atoms with Gasteiger partial charge in [-0.05, 0) is 82.3 Å². The van der Waals surface area contributed by atoms with Crippen molar-refractivity contribution in [3.63, 3.8) is 0 Å². The van der Waals surface area contributed by atoms with E-state index in [1.807, 2.05) is 0 Å². The van der Waals surface area contributed by atoms with Gasteiger partial charge in [0.05, 0.1) is 0 Å². The number of carbonyl (C=O) groups is 1. The van der Waals surface area contributed by atoms with Crippen molar-refractivity contribution in [2.45, 2.75) is 64.3 Å². The van der Waals surface area contributed by atoms with Gasteiger partial charge in [0.1, 0.15) is 0 Å². The lowest BCUT2D eigenvalue weighted by Gasteiger charge is -2.56. The number of carbonyl (C=O) groups excluding carboxylic acids is 1. The number of nitrogens with one attached hydrogen (secondary N) is 2. The maximum absolute atomic E-state index is 12.3. The maximum Gasteiger partial charge on any atom is 0.315 e. The van der Waals surface area contributed by atoms with E-state index in [1.54, 1.807) is 0 Å². The van der Waals surface area contributed by atoms with Crippen LogP contribution in [0.1, 0.15) is 58.8 Å².